The van der Waals surface area contributed by atoms with Crippen LogP contribution in [0.4, 0.5) is 0 Å². The number of hydrogen-bond donors (Lipinski definition) is 1. The second kappa shape index (κ2) is 5.75. The minimum absolute atomic E-state index is 0.697. The molecule has 0 aliphatic heterocycles. The summed E-state index contributed by atoms with van der Waals surface area (Å²) in [5.74, 6) is 1.88. The van der Waals surface area contributed by atoms with E-state index < -0.39 is 0 Å². The van der Waals surface area contributed by atoms with Crippen molar-refractivity contribution in [2.24, 2.45) is 11.8 Å². The first-order valence-corrected chi connectivity index (χ1v) is 6.43. The molecule has 0 spiro atoms. The van der Waals surface area contributed by atoms with Crippen LogP contribution in [0.3, 0.4) is 0 Å². The van der Waals surface area contributed by atoms with Crippen molar-refractivity contribution in [3.63, 3.8) is 0 Å². The van der Waals surface area contributed by atoms with Crippen LogP contribution >= 0.6 is 0 Å². The highest BCUT2D eigenvalue weighted by Gasteiger charge is 2.27. The molecule has 0 amide bonds. The number of rotatable bonds is 4. The van der Waals surface area contributed by atoms with Gasteiger partial charge in [0.1, 0.15) is 0 Å². The lowest BCUT2D eigenvalue weighted by molar-refractivity contribution is 0.196. The van der Waals surface area contributed by atoms with Crippen LogP contribution in [-0.4, -0.2) is 12.1 Å². The van der Waals surface area contributed by atoms with Crippen LogP contribution in [0.2, 0.25) is 0 Å². The summed E-state index contributed by atoms with van der Waals surface area (Å²) in [6, 6.07) is 1.49. The van der Waals surface area contributed by atoms with E-state index in [1.165, 1.54) is 32.1 Å². The van der Waals surface area contributed by atoms with Crippen LogP contribution in [0.25, 0.3) is 0 Å². The third-order valence-electron chi connectivity index (χ3n) is 3.88. The normalized spacial score (nSPS) is 35.6. The Morgan fingerprint density at radius 1 is 1.29 bits per heavy atom. The molecule has 4 atom stereocenters. The molecule has 1 aliphatic carbocycles. The molecule has 0 aromatic carbocycles. The molecule has 1 rings (SSSR count). The molecule has 84 valence electrons. The minimum atomic E-state index is 0.697. The molecule has 1 fully saturated rings. The molecule has 14 heavy (non-hydrogen) atoms. The van der Waals surface area contributed by atoms with E-state index in [0.29, 0.717) is 6.04 Å². The molecule has 0 heterocycles. The topological polar surface area (TPSA) is 12.0 Å². The maximum absolute atomic E-state index is 3.79. The van der Waals surface area contributed by atoms with E-state index in [-0.39, 0.29) is 0 Å². The maximum Gasteiger partial charge on any atom is 0.00978 e. The monoisotopic (exact) mass is 197 g/mol. The van der Waals surface area contributed by atoms with Crippen molar-refractivity contribution in [1.29, 1.82) is 0 Å². The second-order valence-electron chi connectivity index (χ2n) is 5.17. The average molecular weight is 197 g/mol. The van der Waals surface area contributed by atoms with Crippen molar-refractivity contribution in [3.8, 4) is 0 Å². The highest BCUT2D eigenvalue weighted by molar-refractivity contribution is 4.84. The molecule has 1 nitrogen and oxygen atoms in total. The molecule has 1 saturated carbocycles. The molecule has 0 radical (unpaired) electrons. The third-order valence-corrected chi connectivity index (χ3v) is 3.88. The fourth-order valence-electron chi connectivity index (χ4n) is 2.65. The maximum atomic E-state index is 3.79. The molecule has 4 unspecified atom stereocenters. The third kappa shape index (κ3) is 3.27. The van der Waals surface area contributed by atoms with Crippen molar-refractivity contribution in [2.75, 3.05) is 0 Å². The summed E-state index contributed by atoms with van der Waals surface area (Å²) in [6.07, 6.45) is 6.85. The smallest absolute Gasteiger partial charge is 0.00978 e. The van der Waals surface area contributed by atoms with Gasteiger partial charge in [-0.25, -0.2) is 0 Å². The summed E-state index contributed by atoms with van der Waals surface area (Å²) in [7, 11) is 0. The predicted octanol–water partition coefficient (Wildman–Crippen LogP) is 3.59. The van der Waals surface area contributed by atoms with E-state index in [4.69, 9.17) is 0 Å². The Labute approximate surface area is 89.7 Å². The van der Waals surface area contributed by atoms with Crippen molar-refractivity contribution in [2.45, 2.75) is 71.9 Å². The Balaban J connectivity index is 2.41. The van der Waals surface area contributed by atoms with E-state index in [2.05, 4.69) is 33.0 Å². The van der Waals surface area contributed by atoms with Crippen molar-refractivity contribution >= 4 is 0 Å². The average Bonchev–Trinajstić information content (AvgIpc) is 2.20. The Bertz CT molecular complexity index is 155. The van der Waals surface area contributed by atoms with Crippen LogP contribution in [0.15, 0.2) is 0 Å². The SMILES string of the molecule is CCC(C)NC1CCC(C)CC1CC. The molecule has 1 heteroatoms. The Kier molecular flexibility index (Phi) is 4.94. The van der Waals surface area contributed by atoms with E-state index in [1.54, 1.807) is 0 Å². The Morgan fingerprint density at radius 3 is 2.57 bits per heavy atom. The number of nitrogens with one attached hydrogen (secondary N) is 1. The van der Waals surface area contributed by atoms with Crippen LogP contribution in [0.5, 0.6) is 0 Å². The fourth-order valence-corrected chi connectivity index (χ4v) is 2.65. The number of hydrogen-bond acceptors (Lipinski definition) is 1. The fraction of sp³-hybridized carbons (Fsp3) is 1.00. The van der Waals surface area contributed by atoms with Crippen LogP contribution in [-0.2, 0) is 0 Å². The van der Waals surface area contributed by atoms with Gasteiger partial charge in [-0.1, -0.05) is 27.2 Å². The van der Waals surface area contributed by atoms with Gasteiger partial charge < -0.3 is 5.32 Å². The van der Waals surface area contributed by atoms with Crippen molar-refractivity contribution < 1.29 is 0 Å². The van der Waals surface area contributed by atoms with Gasteiger partial charge in [0.25, 0.3) is 0 Å². The first kappa shape index (κ1) is 12.0. The lowest BCUT2D eigenvalue weighted by Crippen LogP contribution is -2.44. The minimum Gasteiger partial charge on any atom is -0.311 e. The summed E-state index contributed by atoms with van der Waals surface area (Å²) in [5, 5.41) is 3.79. The van der Waals surface area contributed by atoms with E-state index >= 15 is 0 Å². The molecular formula is C13H27N. The van der Waals surface area contributed by atoms with Gasteiger partial charge >= 0.3 is 0 Å². The molecule has 0 saturated heterocycles. The summed E-state index contributed by atoms with van der Waals surface area (Å²) < 4.78 is 0. The quantitative estimate of drug-likeness (QED) is 0.726. The van der Waals surface area contributed by atoms with Gasteiger partial charge in [0.05, 0.1) is 0 Å². The van der Waals surface area contributed by atoms with Gasteiger partial charge in [0, 0.05) is 12.1 Å². The van der Waals surface area contributed by atoms with E-state index in [9.17, 15) is 0 Å². The molecule has 0 aromatic heterocycles. The highest BCUT2D eigenvalue weighted by Crippen LogP contribution is 2.31. The molecule has 1 aliphatic rings. The lowest BCUT2D eigenvalue weighted by atomic mass is 9.77. The summed E-state index contributed by atoms with van der Waals surface area (Å²) in [4.78, 5) is 0. The van der Waals surface area contributed by atoms with Gasteiger partial charge in [0.2, 0.25) is 0 Å². The largest absolute Gasteiger partial charge is 0.311 e. The first-order chi connectivity index (χ1) is 6.67. The van der Waals surface area contributed by atoms with Gasteiger partial charge in [-0.05, 0) is 44.4 Å². The summed E-state index contributed by atoms with van der Waals surface area (Å²) in [5.41, 5.74) is 0. The molecule has 1 N–H and O–H groups in total. The van der Waals surface area contributed by atoms with Crippen molar-refractivity contribution in [3.05, 3.63) is 0 Å². The summed E-state index contributed by atoms with van der Waals surface area (Å²) in [6.45, 7) is 9.32. The molecule has 0 bridgehead atoms. The van der Waals surface area contributed by atoms with Gasteiger partial charge in [0.15, 0.2) is 0 Å². The first-order valence-electron chi connectivity index (χ1n) is 6.43. The molecule has 0 aromatic rings. The summed E-state index contributed by atoms with van der Waals surface area (Å²) >= 11 is 0. The van der Waals surface area contributed by atoms with E-state index in [1.807, 2.05) is 0 Å². The second-order valence-corrected chi connectivity index (χ2v) is 5.17. The van der Waals surface area contributed by atoms with Crippen LogP contribution < -0.4 is 5.32 Å². The zero-order valence-electron chi connectivity index (χ0n) is 10.3. The standard InChI is InChI=1S/C13H27N/c1-5-11(4)14-13-8-7-10(3)9-12(13)6-2/h10-14H,5-9H2,1-4H3. The zero-order chi connectivity index (χ0) is 10.6. The van der Waals surface area contributed by atoms with Crippen LogP contribution in [0, 0.1) is 11.8 Å². The molecular weight excluding hydrogens is 170 g/mol. The Hall–Kier alpha value is -0.0400. The van der Waals surface area contributed by atoms with Crippen molar-refractivity contribution in [1.82, 2.24) is 5.32 Å². The zero-order valence-corrected chi connectivity index (χ0v) is 10.3. The van der Waals surface area contributed by atoms with Crippen LogP contribution in [0.1, 0.15) is 59.8 Å². The highest BCUT2D eigenvalue weighted by atomic mass is 15.0. The van der Waals surface area contributed by atoms with Gasteiger partial charge in [-0.2, -0.15) is 0 Å². The van der Waals surface area contributed by atoms with Gasteiger partial charge in [-0.15, -0.1) is 0 Å². The van der Waals surface area contributed by atoms with E-state index in [0.717, 1.165) is 17.9 Å². The Morgan fingerprint density at radius 2 is 2.00 bits per heavy atom. The predicted molar refractivity (Wildman–Crippen MR) is 63.5 cm³/mol. The van der Waals surface area contributed by atoms with Gasteiger partial charge in [-0.3, -0.25) is 0 Å². The lowest BCUT2D eigenvalue weighted by Gasteiger charge is -2.36.